The Morgan fingerprint density at radius 2 is 1.77 bits per heavy atom. The van der Waals surface area contributed by atoms with Crippen LogP contribution in [0.1, 0.15) is 5.56 Å². The van der Waals surface area contributed by atoms with E-state index in [1.807, 2.05) is 18.2 Å². The number of hydrogen-bond acceptors (Lipinski definition) is 5. The van der Waals surface area contributed by atoms with Crippen LogP contribution in [0.15, 0.2) is 48.5 Å². The Balaban J connectivity index is 1.56. The monoisotopic (exact) mass is 354 g/mol. The minimum absolute atomic E-state index is 0.0766. The summed E-state index contributed by atoms with van der Waals surface area (Å²) in [6.07, 6.45) is 0. The van der Waals surface area contributed by atoms with Crippen molar-refractivity contribution < 1.29 is 9.72 Å². The van der Waals surface area contributed by atoms with Crippen molar-refractivity contribution in [3.05, 3.63) is 64.2 Å². The summed E-state index contributed by atoms with van der Waals surface area (Å²) in [5.41, 5.74) is 2.08. The van der Waals surface area contributed by atoms with Gasteiger partial charge in [0.05, 0.1) is 11.5 Å². The average molecular weight is 354 g/mol. The van der Waals surface area contributed by atoms with Gasteiger partial charge in [-0.2, -0.15) is 0 Å². The molecule has 1 fully saturated rings. The van der Waals surface area contributed by atoms with E-state index in [2.05, 4.69) is 27.2 Å². The predicted octanol–water partition coefficient (Wildman–Crippen LogP) is 2.66. The lowest BCUT2D eigenvalue weighted by molar-refractivity contribution is -0.384. The van der Waals surface area contributed by atoms with Crippen LogP contribution < -0.4 is 10.2 Å². The second-order valence-electron chi connectivity index (χ2n) is 6.37. The van der Waals surface area contributed by atoms with Gasteiger partial charge in [-0.05, 0) is 24.6 Å². The number of rotatable bonds is 5. The zero-order chi connectivity index (χ0) is 18.5. The number of nitrogens with zero attached hydrogens (tertiary/aromatic N) is 3. The minimum Gasteiger partial charge on any atom is -0.369 e. The number of amides is 1. The molecule has 1 amide bonds. The number of benzene rings is 2. The number of para-hydroxylation sites is 2. The van der Waals surface area contributed by atoms with Gasteiger partial charge >= 0.3 is 0 Å². The molecule has 1 saturated heterocycles. The Labute approximate surface area is 152 Å². The molecule has 1 N–H and O–H groups in total. The van der Waals surface area contributed by atoms with E-state index in [1.54, 1.807) is 19.1 Å². The van der Waals surface area contributed by atoms with Gasteiger partial charge in [0.25, 0.3) is 5.69 Å². The van der Waals surface area contributed by atoms with Crippen LogP contribution in [0.3, 0.4) is 0 Å². The molecular formula is C19H22N4O3. The zero-order valence-electron chi connectivity index (χ0n) is 14.7. The van der Waals surface area contributed by atoms with E-state index in [-0.39, 0.29) is 23.8 Å². The normalized spacial score (nSPS) is 14.9. The number of nitrogens with one attached hydrogen (secondary N) is 1. The third-order valence-electron chi connectivity index (χ3n) is 4.57. The van der Waals surface area contributed by atoms with Crippen molar-refractivity contribution in [1.82, 2.24) is 4.90 Å². The fourth-order valence-electron chi connectivity index (χ4n) is 3.15. The van der Waals surface area contributed by atoms with Crippen LogP contribution in [0.25, 0.3) is 0 Å². The van der Waals surface area contributed by atoms with Crippen LogP contribution >= 0.6 is 0 Å². The maximum atomic E-state index is 12.4. The molecule has 2 aromatic rings. The van der Waals surface area contributed by atoms with Crippen LogP contribution in [0, 0.1) is 17.0 Å². The van der Waals surface area contributed by atoms with Crippen molar-refractivity contribution >= 4 is 23.0 Å². The Bertz CT molecular complexity index is 787. The Kier molecular flexibility index (Phi) is 5.48. The number of aryl methyl sites for hydroxylation is 1. The van der Waals surface area contributed by atoms with Crippen LogP contribution in [-0.2, 0) is 4.79 Å². The van der Waals surface area contributed by atoms with E-state index < -0.39 is 4.92 Å². The van der Waals surface area contributed by atoms with E-state index in [4.69, 9.17) is 0 Å². The third-order valence-corrected chi connectivity index (χ3v) is 4.57. The molecule has 1 aliphatic heterocycles. The van der Waals surface area contributed by atoms with Gasteiger partial charge in [0.15, 0.2) is 0 Å². The molecule has 0 radical (unpaired) electrons. The quantitative estimate of drug-likeness (QED) is 0.660. The second-order valence-corrected chi connectivity index (χ2v) is 6.37. The SMILES string of the molecule is Cc1cccc([N+](=O)[O-])c1NC(=O)CN1CCN(c2ccccc2)CC1. The van der Waals surface area contributed by atoms with Gasteiger partial charge in [-0.3, -0.25) is 19.8 Å². The van der Waals surface area contributed by atoms with Gasteiger partial charge in [-0.15, -0.1) is 0 Å². The van der Waals surface area contributed by atoms with Crippen molar-refractivity contribution in [1.29, 1.82) is 0 Å². The van der Waals surface area contributed by atoms with Gasteiger partial charge in [-0.25, -0.2) is 0 Å². The van der Waals surface area contributed by atoms with Crippen LogP contribution in [0.4, 0.5) is 17.1 Å². The van der Waals surface area contributed by atoms with Crippen molar-refractivity contribution in [3.63, 3.8) is 0 Å². The van der Waals surface area contributed by atoms with Gasteiger partial charge in [0, 0.05) is 37.9 Å². The summed E-state index contributed by atoms with van der Waals surface area (Å²) in [5, 5.41) is 13.9. The number of carbonyl (C=O) groups is 1. The lowest BCUT2D eigenvalue weighted by Crippen LogP contribution is -2.48. The molecule has 0 bridgehead atoms. The molecule has 0 unspecified atom stereocenters. The molecule has 3 rings (SSSR count). The maximum absolute atomic E-state index is 12.4. The highest BCUT2D eigenvalue weighted by molar-refractivity contribution is 5.95. The fourth-order valence-corrected chi connectivity index (χ4v) is 3.15. The molecule has 1 heterocycles. The topological polar surface area (TPSA) is 78.7 Å². The van der Waals surface area contributed by atoms with Crippen molar-refractivity contribution in [2.24, 2.45) is 0 Å². The number of carbonyl (C=O) groups excluding carboxylic acids is 1. The second kappa shape index (κ2) is 7.97. The van der Waals surface area contributed by atoms with E-state index in [1.165, 1.54) is 11.8 Å². The molecule has 0 aromatic heterocycles. The standard InChI is InChI=1S/C19H22N4O3/c1-15-6-5-9-17(23(25)26)19(15)20-18(24)14-21-10-12-22(13-11-21)16-7-3-2-4-8-16/h2-9H,10-14H2,1H3,(H,20,24). The zero-order valence-corrected chi connectivity index (χ0v) is 14.7. The number of hydrogen-bond donors (Lipinski definition) is 1. The highest BCUT2D eigenvalue weighted by Crippen LogP contribution is 2.27. The largest absolute Gasteiger partial charge is 0.369 e. The molecule has 2 aromatic carbocycles. The number of nitro groups is 1. The van der Waals surface area contributed by atoms with E-state index in [0.29, 0.717) is 5.56 Å². The maximum Gasteiger partial charge on any atom is 0.293 e. The first-order chi connectivity index (χ1) is 12.5. The lowest BCUT2D eigenvalue weighted by atomic mass is 10.1. The highest BCUT2D eigenvalue weighted by atomic mass is 16.6. The molecule has 7 heteroatoms. The minimum atomic E-state index is -0.471. The number of piperazine rings is 1. The summed E-state index contributed by atoms with van der Waals surface area (Å²) >= 11 is 0. The van der Waals surface area contributed by atoms with E-state index in [9.17, 15) is 14.9 Å². The van der Waals surface area contributed by atoms with Crippen LogP contribution in [0.5, 0.6) is 0 Å². The number of anilines is 2. The van der Waals surface area contributed by atoms with Gasteiger partial charge in [0.2, 0.25) is 5.91 Å². The van der Waals surface area contributed by atoms with Gasteiger partial charge in [-0.1, -0.05) is 30.3 Å². The summed E-state index contributed by atoms with van der Waals surface area (Å²) in [4.78, 5) is 27.4. The summed E-state index contributed by atoms with van der Waals surface area (Å²) in [6.45, 7) is 5.23. The fraction of sp³-hybridized carbons (Fsp3) is 0.316. The molecular weight excluding hydrogens is 332 g/mol. The predicted molar refractivity (Wildman–Crippen MR) is 102 cm³/mol. The third kappa shape index (κ3) is 4.18. The molecule has 0 atom stereocenters. The molecule has 26 heavy (non-hydrogen) atoms. The van der Waals surface area contributed by atoms with Crippen LogP contribution in [0.2, 0.25) is 0 Å². The van der Waals surface area contributed by atoms with Crippen molar-refractivity contribution in [2.75, 3.05) is 42.9 Å². The van der Waals surface area contributed by atoms with Crippen molar-refractivity contribution in [2.45, 2.75) is 6.92 Å². The van der Waals surface area contributed by atoms with Crippen LogP contribution in [-0.4, -0.2) is 48.5 Å². The van der Waals surface area contributed by atoms with Crippen molar-refractivity contribution in [3.8, 4) is 0 Å². The van der Waals surface area contributed by atoms with E-state index >= 15 is 0 Å². The van der Waals surface area contributed by atoms with Gasteiger partial charge in [0.1, 0.15) is 5.69 Å². The first kappa shape index (κ1) is 17.9. The summed E-state index contributed by atoms with van der Waals surface area (Å²) in [7, 11) is 0. The Hall–Kier alpha value is -2.93. The highest BCUT2D eigenvalue weighted by Gasteiger charge is 2.22. The molecule has 0 spiro atoms. The molecule has 136 valence electrons. The molecule has 0 aliphatic carbocycles. The first-order valence-electron chi connectivity index (χ1n) is 8.61. The lowest BCUT2D eigenvalue weighted by Gasteiger charge is -2.35. The Morgan fingerprint density at radius 1 is 1.08 bits per heavy atom. The number of nitro benzene ring substituents is 1. The summed E-state index contributed by atoms with van der Waals surface area (Å²) in [5.74, 6) is -0.226. The summed E-state index contributed by atoms with van der Waals surface area (Å²) in [6, 6.07) is 15.0. The van der Waals surface area contributed by atoms with Gasteiger partial charge < -0.3 is 10.2 Å². The summed E-state index contributed by atoms with van der Waals surface area (Å²) < 4.78 is 0. The first-order valence-corrected chi connectivity index (χ1v) is 8.61. The molecule has 7 nitrogen and oxygen atoms in total. The Morgan fingerprint density at radius 3 is 2.42 bits per heavy atom. The average Bonchev–Trinajstić information content (AvgIpc) is 2.64. The smallest absolute Gasteiger partial charge is 0.293 e. The molecule has 0 saturated carbocycles. The molecule has 1 aliphatic rings. The van der Waals surface area contributed by atoms with E-state index in [0.717, 1.165) is 26.2 Å².